The van der Waals surface area contributed by atoms with Gasteiger partial charge in [-0.1, -0.05) is 13.0 Å². The minimum atomic E-state index is 0.607. The number of aromatic amines is 1. The number of benzene rings is 1. The van der Waals surface area contributed by atoms with Crippen LogP contribution in [0.15, 0.2) is 18.2 Å². The van der Waals surface area contributed by atoms with Gasteiger partial charge in [-0.2, -0.15) is 17.0 Å². The van der Waals surface area contributed by atoms with Gasteiger partial charge in [0.15, 0.2) is 4.77 Å². The van der Waals surface area contributed by atoms with E-state index in [4.69, 9.17) is 17.5 Å². The molecule has 0 amide bonds. The zero-order chi connectivity index (χ0) is 13.1. The fourth-order valence-corrected chi connectivity index (χ4v) is 2.56. The second-order valence-electron chi connectivity index (χ2n) is 4.23. The third kappa shape index (κ3) is 2.45. The molecule has 1 N–H and O–H groups in total. The highest BCUT2D eigenvalue weighted by atomic mass is 32.2. The third-order valence-corrected chi connectivity index (χ3v) is 4.46. The van der Waals surface area contributed by atoms with E-state index in [-0.39, 0.29) is 0 Å². The molecule has 5 heteroatoms. The van der Waals surface area contributed by atoms with Crippen molar-refractivity contribution in [1.82, 2.24) is 9.55 Å². The Balaban J connectivity index is 2.43. The zero-order valence-electron chi connectivity index (χ0n) is 10.4. The van der Waals surface area contributed by atoms with Crippen molar-refractivity contribution >= 4 is 35.0 Å². The molecule has 3 nitrogen and oxygen atoms in total. The number of fused-ring (bicyclic) bond motifs is 1. The molecular formula is C13H15N3S2. The predicted molar refractivity (Wildman–Crippen MR) is 79.4 cm³/mol. The molecule has 0 aliphatic carbocycles. The number of rotatable bonds is 4. The van der Waals surface area contributed by atoms with E-state index in [0.717, 1.165) is 24.0 Å². The Morgan fingerprint density at radius 3 is 3.00 bits per heavy atom. The molecule has 1 atom stereocenters. The number of nitriles is 1. The largest absolute Gasteiger partial charge is 0.329 e. The van der Waals surface area contributed by atoms with Crippen LogP contribution in [0.4, 0.5) is 0 Å². The number of nitrogens with zero attached hydrogens (tertiary/aromatic N) is 2. The summed E-state index contributed by atoms with van der Waals surface area (Å²) in [4.78, 5) is 3.14. The van der Waals surface area contributed by atoms with Crippen LogP contribution in [0, 0.1) is 16.1 Å². The van der Waals surface area contributed by atoms with E-state index in [0.29, 0.717) is 15.6 Å². The Hall–Kier alpha value is -1.25. The summed E-state index contributed by atoms with van der Waals surface area (Å²) in [7, 11) is 0. The molecule has 0 saturated heterocycles. The van der Waals surface area contributed by atoms with Gasteiger partial charge >= 0.3 is 0 Å². The maximum Gasteiger partial charge on any atom is 0.178 e. The van der Waals surface area contributed by atoms with Gasteiger partial charge in [0.1, 0.15) is 6.07 Å². The quantitative estimate of drug-likeness (QED) is 0.866. The highest BCUT2D eigenvalue weighted by Gasteiger charge is 2.09. The van der Waals surface area contributed by atoms with Crippen LogP contribution in [0.25, 0.3) is 11.0 Å². The number of hydrogen-bond donors (Lipinski definition) is 1. The molecule has 0 saturated carbocycles. The van der Waals surface area contributed by atoms with E-state index in [1.54, 1.807) is 0 Å². The van der Waals surface area contributed by atoms with Crippen molar-refractivity contribution in [2.45, 2.75) is 25.1 Å². The average molecular weight is 277 g/mol. The highest BCUT2D eigenvalue weighted by molar-refractivity contribution is 7.99. The number of nitrogens with one attached hydrogen (secondary N) is 1. The first-order valence-corrected chi connectivity index (χ1v) is 7.51. The second kappa shape index (κ2) is 5.59. The minimum Gasteiger partial charge on any atom is -0.329 e. The van der Waals surface area contributed by atoms with E-state index in [9.17, 15) is 0 Å². The topological polar surface area (TPSA) is 44.5 Å². The van der Waals surface area contributed by atoms with Gasteiger partial charge in [-0.05, 0) is 37.0 Å². The highest BCUT2D eigenvalue weighted by Crippen LogP contribution is 2.19. The molecule has 1 heterocycles. The lowest BCUT2D eigenvalue weighted by Gasteiger charge is -2.09. The molecule has 2 rings (SSSR count). The molecule has 1 aromatic carbocycles. The summed E-state index contributed by atoms with van der Waals surface area (Å²) < 4.78 is 2.78. The summed E-state index contributed by atoms with van der Waals surface area (Å²) in [5.41, 5.74) is 2.52. The van der Waals surface area contributed by atoms with Crippen LogP contribution in [-0.2, 0) is 6.54 Å². The van der Waals surface area contributed by atoms with Crippen molar-refractivity contribution in [2.75, 3.05) is 6.26 Å². The number of aromatic nitrogens is 2. The lowest BCUT2D eigenvalue weighted by molar-refractivity contribution is 0.648. The van der Waals surface area contributed by atoms with Crippen molar-refractivity contribution in [3.8, 4) is 6.07 Å². The number of hydrogen-bond acceptors (Lipinski definition) is 3. The monoisotopic (exact) mass is 277 g/mol. The van der Waals surface area contributed by atoms with E-state index >= 15 is 0 Å². The Morgan fingerprint density at radius 1 is 1.56 bits per heavy atom. The Morgan fingerprint density at radius 2 is 2.33 bits per heavy atom. The fraction of sp³-hybridized carbons (Fsp3) is 0.385. The van der Waals surface area contributed by atoms with Crippen LogP contribution in [0.1, 0.15) is 18.9 Å². The lowest BCUT2D eigenvalue weighted by atomic mass is 10.2. The van der Waals surface area contributed by atoms with Crippen molar-refractivity contribution < 1.29 is 0 Å². The lowest BCUT2D eigenvalue weighted by Crippen LogP contribution is -2.04. The molecule has 0 spiro atoms. The number of H-pyrrole nitrogens is 1. The Bertz CT molecular complexity index is 648. The standard InChI is InChI=1S/C13H15N3S2/c1-9(18-2)6-7-16-11-5-3-4-10(8-14)12(11)15-13(16)17/h3-5,9H,6-7H2,1-2H3,(H,15,17). The first kappa shape index (κ1) is 13.2. The van der Waals surface area contributed by atoms with Crippen molar-refractivity contribution in [1.29, 1.82) is 5.26 Å². The smallest absolute Gasteiger partial charge is 0.178 e. The van der Waals surface area contributed by atoms with Gasteiger partial charge in [0, 0.05) is 11.8 Å². The second-order valence-corrected chi connectivity index (χ2v) is 5.89. The van der Waals surface area contributed by atoms with Gasteiger partial charge < -0.3 is 9.55 Å². The molecular weight excluding hydrogens is 262 g/mol. The normalized spacial score (nSPS) is 12.5. The Kier molecular flexibility index (Phi) is 4.10. The van der Waals surface area contributed by atoms with E-state index in [1.165, 1.54) is 0 Å². The molecule has 94 valence electrons. The molecule has 0 radical (unpaired) electrons. The molecule has 1 unspecified atom stereocenters. The van der Waals surface area contributed by atoms with Gasteiger partial charge in [-0.25, -0.2) is 0 Å². The number of imidazole rings is 1. The first-order chi connectivity index (χ1) is 8.67. The van der Waals surface area contributed by atoms with Crippen LogP contribution < -0.4 is 0 Å². The van der Waals surface area contributed by atoms with Crippen molar-refractivity contribution in [3.05, 3.63) is 28.5 Å². The summed E-state index contributed by atoms with van der Waals surface area (Å²) in [5, 5.41) is 9.68. The molecule has 2 aromatic rings. The zero-order valence-corrected chi connectivity index (χ0v) is 12.1. The summed E-state index contributed by atoms with van der Waals surface area (Å²) in [6, 6.07) is 7.91. The van der Waals surface area contributed by atoms with Crippen LogP contribution in [0.3, 0.4) is 0 Å². The van der Waals surface area contributed by atoms with E-state index < -0.39 is 0 Å². The van der Waals surface area contributed by atoms with Crippen LogP contribution in [-0.4, -0.2) is 21.1 Å². The van der Waals surface area contributed by atoms with Crippen molar-refractivity contribution in [3.63, 3.8) is 0 Å². The van der Waals surface area contributed by atoms with E-state index in [1.807, 2.05) is 30.0 Å². The summed E-state index contributed by atoms with van der Waals surface area (Å²) in [6.07, 6.45) is 3.19. The number of thioether (sulfide) groups is 1. The minimum absolute atomic E-state index is 0.607. The maximum absolute atomic E-state index is 9.08. The van der Waals surface area contributed by atoms with Gasteiger partial charge in [-0.15, -0.1) is 0 Å². The van der Waals surface area contributed by atoms with Gasteiger partial charge in [0.05, 0.1) is 16.6 Å². The molecule has 18 heavy (non-hydrogen) atoms. The van der Waals surface area contributed by atoms with Crippen LogP contribution in [0.5, 0.6) is 0 Å². The number of para-hydroxylation sites is 1. The van der Waals surface area contributed by atoms with Crippen molar-refractivity contribution in [2.24, 2.45) is 0 Å². The van der Waals surface area contributed by atoms with Gasteiger partial charge in [0.25, 0.3) is 0 Å². The molecule has 0 fully saturated rings. The summed E-state index contributed by atoms with van der Waals surface area (Å²) >= 11 is 7.20. The first-order valence-electron chi connectivity index (χ1n) is 5.81. The van der Waals surface area contributed by atoms with Crippen LogP contribution >= 0.6 is 24.0 Å². The Labute approximate surface area is 116 Å². The predicted octanol–water partition coefficient (Wildman–Crippen LogP) is 3.71. The van der Waals surface area contributed by atoms with Crippen LogP contribution in [0.2, 0.25) is 0 Å². The molecule has 0 aliphatic heterocycles. The summed E-state index contributed by atoms with van der Waals surface area (Å²) in [5.74, 6) is 0. The van der Waals surface area contributed by atoms with E-state index in [2.05, 4.69) is 28.8 Å². The van der Waals surface area contributed by atoms with Gasteiger partial charge in [-0.3, -0.25) is 0 Å². The SMILES string of the molecule is CSC(C)CCn1c(=S)[nH]c2c(C#N)cccc21. The molecule has 0 bridgehead atoms. The third-order valence-electron chi connectivity index (χ3n) is 3.09. The summed E-state index contributed by atoms with van der Waals surface area (Å²) in [6.45, 7) is 3.10. The number of aryl methyl sites for hydroxylation is 1. The fourth-order valence-electron chi connectivity index (χ4n) is 1.92. The molecule has 0 aliphatic rings. The maximum atomic E-state index is 9.08. The molecule has 1 aromatic heterocycles. The van der Waals surface area contributed by atoms with Gasteiger partial charge in [0.2, 0.25) is 0 Å². The average Bonchev–Trinajstić information content (AvgIpc) is 2.71.